The van der Waals surface area contributed by atoms with Crippen LogP contribution in [0.15, 0.2) is 36.4 Å². The van der Waals surface area contributed by atoms with Gasteiger partial charge in [-0.15, -0.1) is 0 Å². The number of ether oxygens (including phenoxy) is 2. The Morgan fingerprint density at radius 1 is 1.06 bits per heavy atom. The van der Waals surface area contributed by atoms with Gasteiger partial charge >= 0.3 is 0 Å². The molecule has 0 saturated carbocycles. The van der Waals surface area contributed by atoms with E-state index in [1.54, 1.807) is 37.3 Å². The summed E-state index contributed by atoms with van der Waals surface area (Å²) >= 11 is 0. The maximum absolute atomic E-state index is 13.1. The van der Waals surface area contributed by atoms with Crippen LogP contribution in [0.25, 0.3) is 0 Å². The van der Waals surface area contributed by atoms with Crippen LogP contribution in [-0.4, -0.2) is 7.11 Å². The van der Waals surface area contributed by atoms with Crippen molar-refractivity contribution in [2.24, 2.45) is 0 Å². The molecule has 0 aliphatic heterocycles. The van der Waals surface area contributed by atoms with Gasteiger partial charge in [-0.25, -0.2) is 4.39 Å². The second-order valence-corrected chi connectivity index (χ2v) is 3.92. The molecule has 0 fully saturated rings. The summed E-state index contributed by atoms with van der Waals surface area (Å²) in [7, 11) is 1.54. The molecule has 0 saturated heterocycles. The fourth-order valence-electron chi connectivity index (χ4n) is 1.57. The Kier molecular flexibility index (Phi) is 3.37. The summed E-state index contributed by atoms with van der Waals surface area (Å²) in [6.45, 7) is 1.69. The Labute approximate surface area is 105 Å². The highest BCUT2D eigenvalue weighted by Gasteiger charge is 2.04. The van der Waals surface area contributed by atoms with E-state index in [9.17, 15) is 4.39 Å². The largest absolute Gasteiger partial charge is 0.494 e. The smallest absolute Gasteiger partial charge is 0.145 e. The van der Waals surface area contributed by atoms with Crippen molar-refractivity contribution in [1.82, 2.24) is 0 Å². The minimum atomic E-state index is -0.253. The second kappa shape index (κ2) is 4.96. The van der Waals surface area contributed by atoms with Gasteiger partial charge in [-0.2, -0.15) is 0 Å². The first-order chi connectivity index (χ1) is 8.60. The van der Waals surface area contributed by atoms with Crippen LogP contribution in [-0.2, 0) is 0 Å². The number of methoxy groups -OCH3 is 1. The number of aryl methyl sites for hydroxylation is 1. The Bertz CT molecular complexity index is 570. The highest BCUT2D eigenvalue weighted by molar-refractivity contribution is 5.56. The first kappa shape index (κ1) is 12.2. The van der Waals surface area contributed by atoms with Gasteiger partial charge in [-0.1, -0.05) is 0 Å². The van der Waals surface area contributed by atoms with Gasteiger partial charge in [0.2, 0.25) is 0 Å². The van der Waals surface area contributed by atoms with Crippen molar-refractivity contribution in [2.75, 3.05) is 12.8 Å². The van der Waals surface area contributed by atoms with E-state index in [1.807, 2.05) is 0 Å². The molecular formula is C14H14FNO2. The number of hydrogen-bond acceptors (Lipinski definition) is 3. The normalized spacial score (nSPS) is 10.2. The average molecular weight is 247 g/mol. The van der Waals surface area contributed by atoms with Crippen molar-refractivity contribution < 1.29 is 13.9 Å². The SMILES string of the molecule is COc1cc(Oc2ccc(F)c(C)c2)ccc1N. The van der Waals surface area contributed by atoms with Crippen molar-refractivity contribution in [3.05, 3.63) is 47.8 Å². The highest BCUT2D eigenvalue weighted by Crippen LogP contribution is 2.30. The van der Waals surface area contributed by atoms with Gasteiger partial charge in [0.1, 0.15) is 23.1 Å². The molecule has 0 unspecified atom stereocenters. The first-order valence-electron chi connectivity index (χ1n) is 5.47. The van der Waals surface area contributed by atoms with Gasteiger partial charge in [-0.05, 0) is 42.8 Å². The van der Waals surface area contributed by atoms with E-state index in [0.717, 1.165) is 0 Å². The van der Waals surface area contributed by atoms with Crippen molar-refractivity contribution >= 4 is 5.69 Å². The highest BCUT2D eigenvalue weighted by atomic mass is 19.1. The summed E-state index contributed by atoms with van der Waals surface area (Å²) in [4.78, 5) is 0. The summed E-state index contributed by atoms with van der Waals surface area (Å²) < 4.78 is 23.8. The van der Waals surface area contributed by atoms with Gasteiger partial charge in [-0.3, -0.25) is 0 Å². The molecule has 0 aromatic heterocycles. The van der Waals surface area contributed by atoms with Crippen LogP contribution in [0.1, 0.15) is 5.56 Å². The molecule has 2 rings (SSSR count). The predicted octanol–water partition coefficient (Wildman–Crippen LogP) is 3.52. The number of nitrogens with two attached hydrogens (primary N) is 1. The van der Waals surface area contributed by atoms with Gasteiger partial charge in [0.25, 0.3) is 0 Å². The minimum Gasteiger partial charge on any atom is -0.494 e. The minimum absolute atomic E-state index is 0.253. The number of hydrogen-bond donors (Lipinski definition) is 1. The number of anilines is 1. The molecule has 0 amide bonds. The number of benzene rings is 2. The average Bonchev–Trinajstić information content (AvgIpc) is 2.36. The van der Waals surface area contributed by atoms with E-state index in [0.29, 0.717) is 28.5 Å². The van der Waals surface area contributed by atoms with Crippen LogP contribution in [0.4, 0.5) is 10.1 Å². The predicted molar refractivity (Wildman–Crippen MR) is 68.6 cm³/mol. The monoisotopic (exact) mass is 247 g/mol. The molecule has 0 atom stereocenters. The zero-order valence-corrected chi connectivity index (χ0v) is 10.2. The summed E-state index contributed by atoms with van der Waals surface area (Å²) in [6, 6.07) is 9.71. The molecule has 4 heteroatoms. The Balaban J connectivity index is 2.25. The molecule has 3 nitrogen and oxygen atoms in total. The van der Waals surface area contributed by atoms with Crippen LogP contribution in [0.3, 0.4) is 0 Å². The molecule has 2 aromatic carbocycles. The quantitative estimate of drug-likeness (QED) is 0.844. The topological polar surface area (TPSA) is 44.5 Å². The summed E-state index contributed by atoms with van der Waals surface area (Å²) in [5, 5.41) is 0. The Morgan fingerprint density at radius 3 is 2.39 bits per heavy atom. The molecule has 0 bridgehead atoms. The van der Waals surface area contributed by atoms with E-state index in [-0.39, 0.29) is 5.82 Å². The zero-order valence-electron chi connectivity index (χ0n) is 10.2. The summed E-state index contributed by atoms with van der Waals surface area (Å²) in [5.41, 5.74) is 6.79. The molecule has 18 heavy (non-hydrogen) atoms. The molecular weight excluding hydrogens is 233 g/mol. The molecule has 0 radical (unpaired) electrons. The van der Waals surface area contributed by atoms with Crippen LogP contribution < -0.4 is 15.2 Å². The maximum Gasteiger partial charge on any atom is 0.145 e. The maximum atomic E-state index is 13.1. The fraction of sp³-hybridized carbons (Fsp3) is 0.143. The lowest BCUT2D eigenvalue weighted by molar-refractivity contribution is 0.411. The van der Waals surface area contributed by atoms with E-state index in [2.05, 4.69) is 0 Å². The summed E-state index contributed by atoms with van der Waals surface area (Å²) in [5.74, 6) is 1.45. The third-order valence-electron chi connectivity index (χ3n) is 2.57. The van der Waals surface area contributed by atoms with Gasteiger partial charge in [0.15, 0.2) is 0 Å². The van der Waals surface area contributed by atoms with Crippen molar-refractivity contribution in [3.8, 4) is 17.2 Å². The second-order valence-electron chi connectivity index (χ2n) is 3.92. The van der Waals surface area contributed by atoms with Crippen LogP contribution in [0.2, 0.25) is 0 Å². The molecule has 0 spiro atoms. The molecule has 2 aromatic rings. The van der Waals surface area contributed by atoms with Gasteiger partial charge in [0, 0.05) is 6.07 Å². The standard InChI is InChI=1S/C14H14FNO2/c1-9-7-10(3-5-12(9)15)18-11-4-6-13(16)14(8-11)17-2/h3-8H,16H2,1-2H3. The Hall–Kier alpha value is -2.23. The number of nitrogen functional groups attached to an aromatic ring is 1. The van der Waals surface area contributed by atoms with Crippen molar-refractivity contribution in [2.45, 2.75) is 6.92 Å². The Morgan fingerprint density at radius 2 is 1.72 bits per heavy atom. The van der Waals surface area contributed by atoms with E-state index in [4.69, 9.17) is 15.2 Å². The zero-order chi connectivity index (χ0) is 13.1. The molecule has 2 N–H and O–H groups in total. The third-order valence-corrected chi connectivity index (χ3v) is 2.57. The van der Waals surface area contributed by atoms with Crippen LogP contribution in [0.5, 0.6) is 17.2 Å². The van der Waals surface area contributed by atoms with Crippen molar-refractivity contribution in [1.29, 1.82) is 0 Å². The number of rotatable bonds is 3. The van der Waals surface area contributed by atoms with E-state index < -0.39 is 0 Å². The fourth-order valence-corrected chi connectivity index (χ4v) is 1.57. The van der Waals surface area contributed by atoms with E-state index in [1.165, 1.54) is 13.2 Å². The molecule has 0 aliphatic carbocycles. The lowest BCUT2D eigenvalue weighted by Crippen LogP contribution is -1.93. The van der Waals surface area contributed by atoms with Crippen LogP contribution in [0, 0.1) is 12.7 Å². The van der Waals surface area contributed by atoms with Crippen LogP contribution >= 0.6 is 0 Å². The summed E-state index contributed by atoms with van der Waals surface area (Å²) in [6.07, 6.45) is 0. The number of halogens is 1. The van der Waals surface area contributed by atoms with E-state index >= 15 is 0 Å². The molecule has 0 heterocycles. The van der Waals surface area contributed by atoms with Crippen molar-refractivity contribution in [3.63, 3.8) is 0 Å². The molecule has 94 valence electrons. The lowest BCUT2D eigenvalue weighted by atomic mass is 10.2. The lowest BCUT2D eigenvalue weighted by Gasteiger charge is -2.09. The first-order valence-corrected chi connectivity index (χ1v) is 5.47. The molecule has 0 aliphatic rings. The van der Waals surface area contributed by atoms with Gasteiger partial charge < -0.3 is 15.2 Å². The van der Waals surface area contributed by atoms with Gasteiger partial charge in [0.05, 0.1) is 12.8 Å². The third kappa shape index (κ3) is 2.53.